The maximum absolute atomic E-state index is 14.4. The van der Waals surface area contributed by atoms with Gasteiger partial charge in [-0.15, -0.1) is 0 Å². The van der Waals surface area contributed by atoms with E-state index in [1.165, 1.54) is 26.2 Å². The van der Waals surface area contributed by atoms with E-state index in [4.69, 9.17) is 14.2 Å². The predicted octanol–water partition coefficient (Wildman–Crippen LogP) is 4.93. The van der Waals surface area contributed by atoms with E-state index in [0.717, 1.165) is 0 Å². The van der Waals surface area contributed by atoms with E-state index in [1.54, 1.807) is 45.0 Å². The van der Waals surface area contributed by atoms with Gasteiger partial charge in [0.25, 0.3) is 0 Å². The summed E-state index contributed by atoms with van der Waals surface area (Å²) in [7, 11) is 1.47. The minimum absolute atomic E-state index is 0.172. The Bertz CT molecular complexity index is 925. The Balaban J connectivity index is 2.32. The number of carbonyl (C=O) groups excluding carboxylic acids is 2. The second-order valence-electron chi connectivity index (χ2n) is 7.32. The van der Waals surface area contributed by atoms with Crippen molar-refractivity contribution in [3.63, 3.8) is 0 Å². The van der Waals surface area contributed by atoms with Crippen molar-refractivity contribution in [2.45, 2.75) is 27.7 Å². The third-order valence-electron chi connectivity index (χ3n) is 3.79. The van der Waals surface area contributed by atoms with Crippen LogP contribution in [0.25, 0.3) is 11.1 Å². The van der Waals surface area contributed by atoms with Crippen molar-refractivity contribution in [2.75, 3.05) is 7.11 Å². The second-order valence-corrected chi connectivity index (χ2v) is 7.32. The predicted molar refractivity (Wildman–Crippen MR) is 104 cm³/mol. The molecule has 0 atom stereocenters. The fraction of sp³-hybridized carbons (Fsp3) is 0.273. The summed E-state index contributed by atoms with van der Waals surface area (Å²) in [6, 6.07) is 9.03. The molecule has 2 aromatic rings. The molecule has 0 aliphatic rings. The van der Waals surface area contributed by atoms with Crippen LogP contribution in [-0.4, -0.2) is 19.0 Å². The summed E-state index contributed by atoms with van der Waals surface area (Å²) in [5.41, 5.74) is 0.630. The Kier molecular flexibility index (Phi) is 6.23. The van der Waals surface area contributed by atoms with Gasteiger partial charge in [-0.25, -0.2) is 9.18 Å². The number of esters is 2. The summed E-state index contributed by atoms with van der Waals surface area (Å²) in [6.45, 7) is 10.2. The van der Waals surface area contributed by atoms with E-state index >= 15 is 0 Å². The third-order valence-corrected chi connectivity index (χ3v) is 3.79. The van der Waals surface area contributed by atoms with Gasteiger partial charge >= 0.3 is 11.9 Å². The van der Waals surface area contributed by atoms with Crippen LogP contribution < -0.4 is 14.2 Å². The standard InChI is InChI=1S/C22H23FO5/c1-13(2)20(24)28-18-10-7-14(11-17(18)23)16-9-8-15(12-19(16)26-6)27-21(25)22(3,4)5/h7-12H,1H2,2-6H3. The second kappa shape index (κ2) is 8.25. The Morgan fingerprint density at radius 2 is 1.68 bits per heavy atom. The monoisotopic (exact) mass is 386 g/mol. The van der Waals surface area contributed by atoms with Gasteiger partial charge in [0.05, 0.1) is 12.5 Å². The van der Waals surface area contributed by atoms with Crippen molar-refractivity contribution in [3.8, 4) is 28.4 Å². The SMILES string of the molecule is C=C(C)C(=O)Oc1ccc(-c2ccc(OC(=O)C(C)(C)C)cc2OC)cc1F. The zero-order valence-corrected chi connectivity index (χ0v) is 16.6. The lowest BCUT2D eigenvalue weighted by atomic mass is 9.97. The molecule has 6 heteroatoms. The molecule has 0 aliphatic heterocycles. The Hall–Kier alpha value is -3.15. The van der Waals surface area contributed by atoms with Crippen LogP contribution in [0.5, 0.6) is 17.2 Å². The lowest BCUT2D eigenvalue weighted by molar-refractivity contribution is -0.143. The van der Waals surface area contributed by atoms with E-state index in [0.29, 0.717) is 22.6 Å². The van der Waals surface area contributed by atoms with E-state index in [2.05, 4.69) is 6.58 Å². The van der Waals surface area contributed by atoms with Gasteiger partial charge in [-0.05, 0) is 57.5 Å². The Morgan fingerprint density at radius 1 is 1.00 bits per heavy atom. The first-order valence-electron chi connectivity index (χ1n) is 8.61. The normalized spacial score (nSPS) is 10.9. The molecule has 0 saturated carbocycles. The van der Waals surface area contributed by atoms with Gasteiger partial charge in [-0.1, -0.05) is 12.6 Å². The molecule has 0 aliphatic carbocycles. The number of hydrogen-bond acceptors (Lipinski definition) is 5. The van der Waals surface area contributed by atoms with Crippen LogP contribution in [0.3, 0.4) is 0 Å². The van der Waals surface area contributed by atoms with E-state index in [-0.39, 0.29) is 17.3 Å². The zero-order valence-electron chi connectivity index (χ0n) is 16.6. The molecule has 0 aromatic heterocycles. The first-order valence-corrected chi connectivity index (χ1v) is 8.61. The molecule has 28 heavy (non-hydrogen) atoms. The van der Waals surface area contributed by atoms with Crippen molar-refractivity contribution in [3.05, 3.63) is 54.4 Å². The summed E-state index contributed by atoms with van der Waals surface area (Å²) in [5.74, 6) is -1.23. The lowest BCUT2D eigenvalue weighted by Crippen LogP contribution is -2.25. The largest absolute Gasteiger partial charge is 0.496 e. The molecule has 0 amide bonds. The quantitative estimate of drug-likeness (QED) is 0.414. The fourth-order valence-corrected chi connectivity index (χ4v) is 2.17. The first kappa shape index (κ1) is 21.2. The molecule has 148 valence electrons. The number of rotatable bonds is 5. The van der Waals surface area contributed by atoms with E-state index in [1.807, 2.05) is 0 Å². The Morgan fingerprint density at radius 3 is 2.21 bits per heavy atom. The molecule has 0 radical (unpaired) electrons. The van der Waals surface area contributed by atoms with Crippen molar-refractivity contribution in [2.24, 2.45) is 5.41 Å². The number of methoxy groups -OCH3 is 1. The van der Waals surface area contributed by atoms with Gasteiger partial charge in [-0.2, -0.15) is 0 Å². The van der Waals surface area contributed by atoms with Crippen LogP contribution >= 0.6 is 0 Å². The minimum Gasteiger partial charge on any atom is -0.496 e. The zero-order chi connectivity index (χ0) is 21.1. The average molecular weight is 386 g/mol. The molecular weight excluding hydrogens is 363 g/mol. The van der Waals surface area contributed by atoms with Crippen molar-refractivity contribution in [1.29, 1.82) is 0 Å². The molecule has 0 fully saturated rings. The van der Waals surface area contributed by atoms with E-state index in [9.17, 15) is 14.0 Å². The smallest absolute Gasteiger partial charge is 0.338 e. The molecule has 0 unspecified atom stereocenters. The maximum atomic E-state index is 14.4. The number of benzene rings is 2. The van der Waals surface area contributed by atoms with Gasteiger partial charge in [0, 0.05) is 17.2 Å². The number of hydrogen-bond donors (Lipinski definition) is 0. The van der Waals surface area contributed by atoms with Gasteiger partial charge in [0.15, 0.2) is 11.6 Å². The first-order chi connectivity index (χ1) is 13.0. The average Bonchev–Trinajstić information content (AvgIpc) is 2.62. The summed E-state index contributed by atoms with van der Waals surface area (Å²) in [4.78, 5) is 23.6. The van der Waals surface area contributed by atoms with Crippen LogP contribution in [-0.2, 0) is 9.59 Å². The van der Waals surface area contributed by atoms with Crippen LogP contribution in [0.1, 0.15) is 27.7 Å². The number of ether oxygens (including phenoxy) is 3. The van der Waals surface area contributed by atoms with Crippen molar-refractivity contribution >= 4 is 11.9 Å². The number of carbonyl (C=O) groups is 2. The maximum Gasteiger partial charge on any atom is 0.338 e. The Labute approximate surface area is 163 Å². The summed E-state index contributed by atoms with van der Waals surface area (Å²) in [5, 5.41) is 0. The topological polar surface area (TPSA) is 61.8 Å². The van der Waals surface area contributed by atoms with Crippen LogP contribution in [0.15, 0.2) is 48.6 Å². The molecule has 0 saturated heterocycles. The molecule has 0 bridgehead atoms. The molecule has 5 nitrogen and oxygen atoms in total. The van der Waals surface area contributed by atoms with Crippen LogP contribution in [0.2, 0.25) is 0 Å². The van der Waals surface area contributed by atoms with Gasteiger partial charge in [-0.3, -0.25) is 4.79 Å². The van der Waals surface area contributed by atoms with Gasteiger partial charge in [0.2, 0.25) is 0 Å². The fourth-order valence-electron chi connectivity index (χ4n) is 2.17. The molecule has 0 N–H and O–H groups in total. The molecule has 0 spiro atoms. The lowest BCUT2D eigenvalue weighted by Gasteiger charge is -2.17. The highest BCUT2D eigenvalue weighted by Crippen LogP contribution is 2.35. The van der Waals surface area contributed by atoms with Crippen LogP contribution in [0, 0.1) is 11.2 Å². The summed E-state index contributed by atoms with van der Waals surface area (Å²) >= 11 is 0. The van der Waals surface area contributed by atoms with Crippen LogP contribution in [0.4, 0.5) is 4.39 Å². The minimum atomic E-state index is -0.700. The van der Waals surface area contributed by atoms with Gasteiger partial charge < -0.3 is 14.2 Å². The summed E-state index contributed by atoms with van der Waals surface area (Å²) in [6.07, 6.45) is 0. The van der Waals surface area contributed by atoms with Crippen molar-refractivity contribution in [1.82, 2.24) is 0 Å². The molecular formula is C22H23FO5. The molecule has 0 heterocycles. The van der Waals surface area contributed by atoms with E-state index < -0.39 is 17.2 Å². The highest BCUT2D eigenvalue weighted by molar-refractivity contribution is 5.89. The van der Waals surface area contributed by atoms with Crippen molar-refractivity contribution < 1.29 is 28.2 Å². The third kappa shape index (κ3) is 4.97. The highest BCUT2D eigenvalue weighted by Gasteiger charge is 2.24. The molecule has 2 rings (SSSR count). The summed E-state index contributed by atoms with van der Waals surface area (Å²) < 4.78 is 30.0. The molecule has 2 aromatic carbocycles. The number of halogens is 1. The highest BCUT2D eigenvalue weighted by atomic mass is 19.1. The van der Waals surface area contributed by atoms with Gasteiger partial charge in [0.1, 0.15) is 11.5 Å².